The Bertz CT molecular complexity index is 9450. The van der Waals surface area contributed by atoms with Crippen molar-refractivity contribution in [1.29, 1.82) is 0 Å². The second kappa shape index (κ2) is 32.4. The van der Waals surface area contributed by atoms with Gasteiger partial charge in [0.25, 0.3) is 0 Å². The van der Waals surface area contributed by atoms with Gasteiger partial charge in [-0.05, 0) is 183 Å². The topological polar surface area (TPSA) is 220 Å². The van der Waals surface area contributed by atoms with Crippen LogP contribution in [0.4, 0.5) is 0 Å². The zero-order valence-corrected chi connectivity index (χ0v) is 72.8. The number of fused-ring (bicyclic) bond motifs is 19. The lowest BCUT2D eigenvalue weighted by Crippen LogP contribution is -1.97. The fourth-order valence-corrected chi connectivity index (χ4v) is 19.6. The van der Waals surface area contributed by atoms with E-state index in [9.17, 15) is 0 Å². The van der Waals surface area contributed by atoms with Gasteiger partial charge in [0.2, 0.25) is 15.9 Å². The van der Waals surface area contributed by atoms with Gasteiger partial charge in [0.1, 0.15) is 50.4 Å². The van der Waals surface area contributed by atoms with Gasteiger partial charge in [-0.3, -0.25) is 9.97 Å². The van der Waals surface area contributed by atoms with E-state index in [4.69, 9.17) is 78.0 Å². The van der Waals surface area contributed by atoms with Crippen LogP contribution in [0.25, 0.3) is 264 Å². The fourth-order valence-electron chi connectivity index (χ4n) is 17.9. The van der Waals surface area contributed by atoms with Crippen molar-refractivity contribution in [3.05, 3.63) is 386 Å². The lowest BCUT2D eigenvalue weighted by molar-refractivity contribution is 0.667. The molecule has 0 saturated heterocycles. The molecule has 0 aliphatic heterocycles. The summed E-state index contributed by atoms with van der Waals surface area (Å²) < 4.78 is 21.1. The third-order valence-electron chi connectivity index (χ3n) is 24.2. The SMILES string of the molecule is Clc1nc(-c2ccc(-c3nc(-c4ccc(-c5cccnc5)cc4)nc4ccccc34)cc2)c2oc3ccccc3c2n1.Clc1nc(-c2ccc3cc(-c4nc(-c5ccc6c(c5)sc5ccccc56)nc5ccccc45)ccc3c2)c2oc3ccccc3c2n1.Clc1nc(-c2cccc(-c3nc(-c4ccc5ncccc5c4)nc4ccc5ccccc5c34)c2)c2oc3ccccc3c2n1. The molecule has 0 atom stereocenters. The standard InChI is InChI=1S/C40H21ClN4OS.C37H20ClN5O.C35H20ClN5O/c41-40-44-36(38-37(45-40)30-9-2-5-11-32(30)46-38)25-16-14-22-19-24(15-13-23(22)20-25)35-29-8-1-4-10-31(29)42-39(43-35)26-17-18-28-27-7-3-6-12-33(27)47-34(28)21-26;38-37-42-33(35-34(43-37)27-12-3-4-13-30(27)44-35)24-9-5-8-23(20-24)32-31-26-11-2-1-7-21(26)14-17-29(31)40-36(41-32)25-15-16-28-22(19-25)10-6-18-39-28;36-35-40-31(33-32(41-35)27-8-2-4-10-29(27)42-33)23-15-13-22(14-16-23)30-26-7-1-3-9-28(26)38-34(39-30)24-17-11-21(12-18-24)25-6-5-19-37-20-25/h1-21H;1-20H;1-20H. The first-order chi connectivity index (χ1) is 65.6. The van der Waals surface area contributed by atoms with Crippen molar-refractivity contribution in [3.63, 3.8) is 0 Å². The van der Waals surface area contributed by atoms with Gasteiger partial charge in [-0.2, -0.15) is 0 Å². The van der Waals surface area contributed by atoms with Crippen molar-refractivity contribution in [2.45, 2.75) is 0 Å². The van der Waals surface area contributed by atoms with Crippen molar-refractivity contribution in [3.8, 4) is 113 Å². The summed E-state index contributed by atoms with van der Waals surface area (Å²) >= 11 is 21.0. The number of pyridine rings is 2. The molecule has 624 valence electrons. The molecule has 133 heavy (non-hydrogen) atoms. The molecule has 27 aromatic rings. The van der Waals surface area contributed by atoms with E-state index in [1.54, 1.807) is 23.7 Å². The Morgan fingerprint density at radius 2 is 0.624 bits per heavy atom. The summed E-state index contributed by atoms with van der Waals surface area (Å²) in [7, 11) is 0. The summed E-state index contributed by atoms with van der Waals surface area (Å²) in [6.45, 7) is 0. The highest BCUT2D eigenvalue weighted by molar-refractivity contribution is 7.25. The molecule has 12 heterocycles. The van der Waals surface area contributed by atoms with Crippen LogP contribution in [0.2, 0.25) is 15.9 Å². The monoisotopic (exact) mass is 1790 g/mol. The molecule has 0 N–H and O–H groups in total. The molecule has 0 spiro atoms. The zero-order valence-electron chi connectivity index (χ0n) is 69.7. The second-order valence-corrected chi connectivity index (χ2v) is 34.3. The zero-order chi connectivity index (χ0) is 88.3. The van der Waals surface area contributed by atoms with E-state index in [1.165, 1.54) is 20.2 Å². The predicted molar refractivity (Wildman–Crippen MR) is 538 cm³/mol. The Kier molecular flexibility index (Phi) is 19.1. The maximum absolute atomic E-state index is 6.47. The van der Waals surface area contributed by atoms with Crippen molar-refractivity contribution >= 4 is 198 Å². The lowest BCUT2D eigenvalue weighted by atomic mass is 9.98. The van der Waals surface area contributed by atoms with E-state index in [1.807, 2.05) is 188 Å². The molecule has 0 amide bonds. The number of thiophene rings is 1. The van der Waals surface area contributed by atoms with Crippen LogP contribution in [-0.4, -0.2) is 69.8 Å². The number of hydrogen-bond acceptors (Lipinski definition) is 18. The Morgan fingerprint density at radius 3 is 1.23 bits per heavy atom. The van der Waals surface area contributed by atoms with Crippen molar-refractivity contribution in [2.24, 2.45) is 0 Å². The number of halogens is 3. The molecule has 21 heteroatoms. The van der Waals surface area contributed by atoms with Gasteiger partial charge in [0.15, 0.2) is 34.2 Å². The number of aromatic nitrogens is 14. The number of hydrogen-bond donors (Lipinski definition) is 0. The minimum atomic E-state index is 0.163. The lowest BCUT2D eigenvalue weighted by Gasteiger charge is -2.13. The predicted octanol–water partition coefficient (Wildman–Crippen LogP) is 30.2. The number of rotatable bonds is 10. The Labute approximate surface area is 774 Å². The van der Waals surface area contributed by atoms with Crippen LogP contribution < -0.4 is 0 Å². The van der Waals surface area contributed by atoms with E-state index in [0.717, 1.165) is 176 Å². The second-order valence-electron chi connectivity index (χ2n) is 32.2. The van der Waals surface area contributed by atoms with Gasteiger partial charge in [0, 0.05) is 127 Å². The van der Waals surface area contributed by atoms with Crippen LogP contribution in [-0.2, 0) is 0 Å². The highest BCUT2D eigenvalue weighted by atomic mass is 35.5. The summed E-state index contributed by atoms with van der Waals surface area (Å²) in [5.41, 5.74) is 24.8. The molecule has 0 aliphatic carbocycles. The Balaban J connectivity index is 0.000000107. The van der Waals surface area contributed by atoms with Gasteiger partial charge >= 0.3 is 0 Å². The van der Waals surface area contributed by atoms with Crippen LogP contribution in [0.3, 0.4) is 0 Å². The molecular weight excluding hydrogens is 1730 g/mol. The molecule has 17 nitrogen and oxygen atoms in total. The molecule has 27 rings (SSSR count). The third-order valence-corrected chi connectivity index (χ3v) is 25.9. The number of benzene rings is 15. The van der Waals surface area contributed by atoms with Gasteiger partial charge in [-0.25, -0.2) is 59.8 Å². The minimum Gasteiger partial charge on any atom is -0.452 e. The molecule has 0 radical (unpaired) electrons. The number of nitrogens with zero attached hydrogens (tertiary/aromatic N) is 14. The van der Waals surface area contributed by atoms with E-state index in [2.05, 4.69) is 210 Å². The van der Waals surface area contributed by atoms with Gasteiger partial charge in [-0.15, -0.1) is 11.3 Å². The third kappa shape index (κ3) is 14.2. The number of furan rings is 3. The quantitative estimate of drug-likeness (QED) is 0.0917. The molecule has 0 fully saturated rings. The fraction of sp³-hybridized carbons (Fsp3) is 0. The highest BCUT2D eigenvalue weighted by Gasteiger charge is 2.25. The smallest absolute Gasteiger partial charge is 0.223 e. The average molecular weight is 1790 g/mol. The van der Waals surface area contributed by atoms with Crippen LogP contribution >= 0.6 is 46.1 Å². The van der Waals surface area contributed by atoms with Crippen LogP contribution in [0.1, 0.15) is 0 Å². The highest BCUT2D eigenvalue weighted by Crippen LogP contribution is 2.45. The van der Waals surface area contributed by atoms with E-state index in [0.29, 0.717) is 67.9 Å². The maximum atomic E-state index is 6.47. The summed E-state index contributed by atoms with van der Waals surface area (Å²) in [6.07, 6.45) is 5.43. The molecular formula is C112H61Cl3N14O3S. The maximum Gasteiger partial charge on any atom is 0.223 e. The first-order valence-corrected chi connectivity index (χ1v) is 44.8. The van der Waals surface area contributed by atoms with Gasteiger partial charge in [0.05, 0.1) is 39.1 Å². The summed E-state index contributed by atoms with van der Waals surface area (Å²) in [6, 6.07) is 119. The number of para-hydroxylation sites is 5. The molecule has 0 bridgehead atoms. The van der Waals surface area contributed by atoms with Crippen molar-refractivity contribution in [1.82, 2.24) is 69.8 Å². The summed E-state index contributed by atoms with van der Waals surface area (Å²) in [5, 5.41) is 14.2. The average Bonchev–Trinajstić information content (AvgIpc) is 1.68. The van der Waals surface area contributed by atoms with Crippen LogP contribution in [0.5, 0.6) is 0 Å². The van der Waals surface area contributed by atoms with E-state index >= 15 is 0 Å². The van der Waals surface area contributed by atoms with Crippen LogP contribution in [0, 0.1) is 0 Å². The van der Waals surface area contributed by atoms with Crippen LogP contribution in [0.15, 0.2) is 384 Å². The Morgan fingerprint density at radius 1 is 0.218 bits per heavy atom. The van der Waals surface area contributed by atoms with Gasteiger partial charge in [-0.1, -0.05) is 237 Å². The normalized spacial score (nSPS) is 11.7. The molecule has 0 aliphatic rings. The first kappa shape index (κ1) is 78.4. The first-order valence-electron chi connectivity index (χ1n) is 42.9. The van der Waals surface area contributed by atoms with E-state index in [-0.39, 0.29) is 15.9 Å². The molecule has 12 aromatic heterocycles. The van der Waals surface area contributed by atoms with Crippen molar-refractivity contribution in [2.75, 3.05) is 0 Å². The summed E-state index contributed by atoms with van der Waals surface area (Å²) in [4.78, 5) is 66.3. The molecule has 0 saturated carbocycles. The summed E-state index contributed by atoms with van der Waals surface area (Å²) in [5.74, 6) is 2.02. The minimum absolute atomic E-state index is 0.163. The largest absolute Gasteiger partial charge is 0.452 e. The van der Waals surface area contributed by atoms with Gasteiger partial charge < -0.3 is 13.3 Å². The van der Waals surface area contributed by atoms with E-state index < -0.39 is 0 Å². The Hall–Kier alpha value is -16.9. The van der Waals surface area contributed by atoms with Crippen molar-refractivity contribution < 1.29 is 13.3 Å². The molecule has 0 unspecified atom stereocenters. The molecule has 15 aromatic carbocycles.